The Balaban J connectivity index is 1.55. The Hall–Kier alpha value is -1.94. The van der Waals surface area contributed by atoms with Crippen LogP contribution in [0.15, 0.2) is 46.2 Å². The molecule has 2 atom stereocenters. The first-order valence-electron chi connectivity index (χ1n) is 7.91. The summed E-state index contributed by atoms with van der Waals surface area (Å²) in [6.45, 7) is 6.63. The summed E-state index contributed by atoms with van der Waals surface area (Å²) in [7, 11) is 0. The number of amides is 1. The first kappa shape index (κ1) is 15.9. The van der Waals surface area contributed by atoms with Crippen LogP contribution in [0.3, 0.4) is 0 Å². The van der Waals surface area contributed by atoms with Crippen LogP contribution in [0.2, 0.25) is 0 Å². The second-order valence-corrected chi connectivity index (χ2v) is 7.89. The molecule has 3 rings (SSSR count). The Kier molecular flexibility index (Phi) is 4.35. The fourth-order valence-electron chi connectivity index (χ4n) is 2.69. The number of thiophene rings is 1. The van der Waals surface area contributed by atoms with Crippen LogP contribution in [0.1, 0.15) is 49.8 Å². The zero-order chi connectivity index (χ0) is 16.4. The minimum Gasteiger partial charge on any atom is -0.273 e. The molecule has 1 aromatic carbocycles. The molecule has 0 radical (unpaired) electrons. The average Bonchev–Trinajstić information content (AvgIpc) is 3.15. The Morgan fingerprint density at radius 2 is 2.00 bits per heavy atom. The summed E-state index contributed by atoms with van der Waals surface area (Å²) in [6, 6.07) is 10.6. The first-order valence-corrected chi connectivity index (χ1v) is 8.85. The van der Waals surface area contributed by atoms with E-state index in [1.165, 1.54) is 11.1 Å². The zero-order valence-electron chi connectivity index (χ0n) is 13.7. The maximum Gasteiger partial charge on any atom is 0.243 e. The van der Waals surface area contributed by atoms with Crippen molar-refractivity contribution in [3.8, 4) is 0 Å². The van der Waals surface area contributed by atoms with Crippen LogP contribution in [0, 0.1) is 5.92 Å². The Bertz CT molecular complexity index is 696. The van der Waals surface area contributed by atoms with E-state index >= 15 is 0 Å². The Morgan fingerprint density at radius 3 is 2.61 bits per heavy atom. The van der Waals surface area contributed by atoms with Crippen LogP contribution in [0.5, 0.6) is 0 Å². The lowest BCUT2D eigenvalue weighted by molar-refractivity contribution is -0.122. The van der Waals surface area contributed by atoms with Gasteiger partial charge in [0.15, 0.2) is 0 Å². The van der Waals surface area contributed by atoms with E-state index in [1.807, 2.05) is 16.8 Å². The maximum absolute atomic E-state index is 12.1. The van der Waals surface area contributed by atoms with Crippen molar-refractivity contribution < 1.29 is 4.79 Å². The van der Waals surface area contributed by atoms with Crippen molar-refractivity contribution in [2.24, 2.45) is 11.0 Å². The fourth-order valence-corrected chi connectivity index (χ4v) is 3.30. The van der Waals surface area contributed by atoms with Crippen LogP contribution in [0.4, 0.5) is 0 Å². The van der Waals surface area contributed by atoms with Gasteiger partial charge in [-0.25, -0.2) is 5.43 Å². The van der Waals surface area contributed by atoms with Crippen molar-refractivity contribution in [3.05, 3.63) is 57.8 Å². The molecule has 1 aliphatic rings. The molecule has 1 heterocycles. The smallest absolute Gasteiger partial charge is 0.243 e. The number of nitrogens with one attached hydrogen (secondary N) is 1. The molecule has 0 unspecified atom stereocenters. The molecule has 1 amide bonds. The topological polar surface area (TPSA) is 41.5 Å². The third-order valence-electron chi connectivity index (χ3n) is 4.26. The van der Waals surface area contributed by atoms with Crippen molar-refractivity contribution in [1.82, 2.24) is 5.43 Å². The molecule has 1 fully saturated rings. The van der Waals surface area contributed by atoms with Crippen LogP contribution in [-0.2, 0) is 10.2 Å². The van der Waals surface area contributed by atoms with E-state index in [0.29, 0.717) is 5.92 Å². The van der Waals surface area contributed by atoms with Crippen LogP contribution < -0.4 is 5.43 Å². The van der Waals surface area contributed by atoms with E-state index in [2.05, 4.69) is 55.6 Å². The zero-order valence-corrected chi connectivity index (χ0v) is 14.6. The number of hydrogen-bond donors (Lipinski definition) is 1. The number of carbonyl (C=O) groups excluding carboxylic acids is 1. The normalized spacial score (nSPS) is 20.7. The van der Waals surface area contributed by atoms with Gasteiger partial charge in [-0.2, -0.15) is 16.4 Å². The van der Waals surface area contributed by atoms with Gasteiger partial charge in [0, 0.05) is 11.5 Å². The quantitative estimate of drug-likeness (QED) is 0.660. The highest BCUT2D eigenvalue weighted by atomic mass is 32.1. The number of hydrazone groups is 1. The molecular weight excluding hydrogens is 304 g/mol. The number of nitrogens with zero attached hydrogens (tertiary/aromatic N) is 1. The Labute approximate surface area is 141 Å². The van der Waals surface area contributed by atoms with Crippen molar-refractivity contribution in [2.75, 3.05) is 0 Å². The van der Waals surface area contributed by atoms with Gasteiger partial charge in [-0.3, -0.25) is 4.79 Å². The number of hydrogen-bond acceptors (Lipinski definition) is 3. The number of carbonyl (C=O) groups is 1. The largest absolute Gasteiger partial charge is 0.273 e. The third-order valence-corrected chi connectivity index (χ3v) is 4.97. The molecule has 23 heavy (non-hydrogen) atoms. The van der Waals surface area contributed by atoms with E-state index in [4.69, 9.17) is 0 Å². The molecule has 120 valence electrons. The van der Waals surface area contributed by atoms with E-state index in [9.17, 15) is 4.79 Å². The summed E-state index contributed by atoms with van der Waals surface area (Å²) in [6.07, 6.45) is 2.60. The summed E-state index contributed by atoms with van der Waals surface area (Å²) < 4.78 is 0. The average molecular weight is 326 g/mol. The van der Waals surface area contributed by atoms with Gasteiger partial charge in [-0.05, 0) is 45.7 Å². The van der Waals surface area contributed by atoms with Crippen LogP contribution in [0.25, 0.3) is 0 Å². The fraction of sp³-hybridized carbons (Fsp3) is 0.368. The van der Waals surface area contributed by atoms with Gasteiger partial charge in [0.2, 0.25) is 5.91 Å². The summed E-state index contributed by atoms with van der Waals surface area (Å²) in [5.74, 6) is 0.400. The molecule has 1 aromatic heterocycles. The highest BCUT2D eigenvalue weighted by Crippen LogP contribution is 2.47. The van der Waals surface area contributed by atoms with Crippen LogP contribution in [-0.4, -0.2) is 12.1 Å². The molecule has 0 saturated heterocycles. The molecule has 3 nitrogen and oxygen atoms in total. The van der Waals surface area contributed by atoms with E-state index in [1.54, 1.807) is 17.6 Å². The van der Waals surface area contributed by atoms with Crippen molar-refractivity contribution in [2.45, 2.75) is 38.5 Å². The lowest BCUT2D eigenvalue weighted by Gasteiger charge is -2.19. The van der Waals surface area contributed by atoms with E-state index in [-0.39, 0.29) is 17.2 Å². The second-order valence-electron chi connectivity index (χ2n) is 7.11. The van der Waals surface area contributed by atoms with E-state index in [0.717, 1.165) is 12.0 Å². The molecule has 4 heteroatoms. The second kappa shape index (κ2) is 6.28. The summed E-state index contributed by atoms with van der Waals surface area (Å²) in [5.41, 5.74) is 6.40. The molecule has 1 aliphatic carbocycles. The van der Waals surface area contributed by atoms with Crippen LogP contribution >= 0.6 is 11.3 Å². The van der Waals surface area contributed by atoms with E-state index < -0.39 is 0 Å². The molecule has 0 spiro atoms. The molecular formula is C19H22N2OS. The SMILES string of the molecule is CC(C)(C)c1ccc([C@@H]2C[C@H]2C(=O)N/N=C\c2ccsc2)cc1. The van der Waals surface area contributed by atoms with Crippen molar-refractivity contribution in [1.29, 1.82) is 0 Å². The Morgan fingerprint density at radius 1 is 1.26 bits per heavy atom. The predicted octanol–water partition coefficient (Wildman–Crippen LogP) is 4.30. The highest BCUT2D eigenvalue weighted by molar-refractivity contribution is 7.08. The standard InChI is InChI=1S/C19H22N2OS/c1-19(2,3)15-6-4-14(5-7-15)16-10-17(16)18(22)21-20-11-13-8-9-23-12-13/h4-9,11-12,16-17H,10H2,1-3H3,(H,21,22)/b20-11-/t16-,17+/m0/s1. The van der Waals surface area contributed by atoms with Gasteiger partial charge < -0.3 is 0 Å². The highest BCUT2D eigenvalue weighted by Gasteiger charge is 2.43. The summed E-state index contributed by atoms with van der Waals surface area (Å²) in [5, 5.41) is 8.01. The maximum atomic E-state index is 12.1. The van der Waals surface area contributed by atoms with Gasteiger partial charge in [-0.1, -0.05) is 45.0 Å². The van der Waals surface area contributed by atoms with Crippen molar-refractivity contribution in [3.63, 3.8) is 0 Å². The monoisotopic (exact) mass is 326 g/mol. The van der Waals surface area contributed by atoms with Gasteiger partial charge in [0.1, 0.15) is 0 Å². The number of benzene rings is 1. The van der Waals surface area contributed by atoms with Gasteiger partial charge in [-0.15, -0.1) is 0 Å². The molecule has 1 N–H and O–H groups in total. The molecule has 2 aromatic rings. The number of rotatable bonds is 4. The predicted molar refractivity (Wildman–Crippen MR) is 96.0 cm³/mol. The van der Waals surface area contributed by atoms with Crippen molar-refractivity contribution >= 4 is 23.5 Å². The molecule has 0 bridgehead atoms. The summed E-state index contributed by atoms with van der Waals surface area (Å²) in [4.78, 5) is 12.1. The van der Waals surface area contributed by atoms with Gasteiger partial charge in [0.25, 0.3) is 0 Å². The third kappa shape index (κ3) is 3.88. The van der Waals surface area contributed by atoms with Gasteiger partial charge >= 0.3 is 0 Å². The lowest BCUT2D eigenvalue weighted by Crippen LogP contribution is -2.20. The lowest BCUT2D eigenvalue weighted by atomic mass is 9.86. The molecule has 0 aliphatic heterocycles. The minimum atomic E-state index is 0.0152. The summed E-state index contributed by atoms with van der Waals surface area (Å²) >= 11 is 1.61. The molecule has 1 saturated carbocycles. The van der Waals surface area contributed by atoms with Gasteiger partial charge in [0.05, 0.1) is 6.21 Å². The first-order chi connectivity index (χ1) is 10.9. The minimum absolute atomic E-state index is 0.0152.